The number of rotatable bonds is 5. The third-order valence-electron chi connectivity index (χ3n) is 5.66. The molecule has 4 nitrogen and oxygen atoms in total. The quantitative estimate of drug-likeness (QED) is 0.742. The average Bonchev–Trinajstić information content (AvgIpc) is 3.08. The van der Waals surface area contributed by atoms with Crippen molar-refractivity contribution >= 4 is 22.5 Å². The maximum atomic E-state index is 12.8. The minimum atomic E-state index is 0.204. The van der Waals surface area contributed by atoms with E-state index in [1.165, 1.54) is 27.8 Å². The topological polar surface area (TPSA) is 39.3 Å². The van der Waals surface area contributed by atoms with Crippen LogP contribution in [0.25, 0.3) is 10.9 Å². The van der Waals surface area contributed by atoms with E-state index in [1.54, 1.807) is 0 Å². The highest BCUT2D eigenvalue weighted by Crippen LogP contribution is 2.27. The first kappa shape index (κ1) is 17.7. The molecule has 27 heavy (non-hydrogen) atoms. The highest BCUT2D eigenvalue weighted by molar-refractivity contribution is 5.86. The number of nitrogens with zero attached hydrogens (tertiary/aromatic N) is 2. The van der Waals surface area contributed by atoms with Gasteiger partial charge in [-0.15, -0.1) is 0 Å². The minimum Gasteiger partial charge on any atom is -0.372 e. The zero-order valence-corrected chi connectivity index (χ0v) is 16.2. The third kappa shape index (κ3) is 3.44. The Hall–Kier alpha value is -2.75. The monoisotopic (exact) mass is 361 g/mol. The number of H-pyrrole nitrogens is 1. The Balaban J connectivity index is 1.45. The summed E-state index contributed by atoms with van der Waals surface area (Å²) in [5, 5.41) is 1.30. The number of nitrogens with one attached hydrogen (secondary N) is 1. The first-order valence-corrected chi connectivity index (χ1v) is 9.89. The number of aromatic amines is 1. The summed E-state index contributed by atoms with van der Waals surface area (Å²) < 4.78 is 0. The van der Waals surface area contributed by atoms with Gasteiger partial charge in [-0.1, -0.05) is 30.3 Å². The number of hydrogen-bond donors (Lipinski definition) is 1. The van der Waals surface area contributed by atoms with E-state index in [4.69, 9.17) is 0 Å². The normalized spacial score (nSPS) is 13.6. The van der Waals surface area contributed by atoms with E-state index in [0.717, 1.165) is 31.6 Å². The van der Waals surface area contributed by atoms with Crippen molar-refractivity contribution in [2.24, 2.45) is 0 Å². The second-order valence-corrected chi connectivity index (χ2v) is 7.21. The molecule has 1 N–H and O–H groups in total. The largest absolute Gasteiger partial charge is 0.372 e. The van der Waals surface area contributed by atoms with Gasteiger partial charge in [0.05, 0.1) is 13.0 Å². The van der Waals surface area contributed by atoms with Gasteiger partial charge in [0.25, 0.3) is 0 Å². The molecule has 0 atom stereocenters. The van der Waals surface area contributed by atoms with Crippen LogP contribution in [0.5, 0.6) is 0 Å². The van der Waals surface area contributed by atoms with E-state index in [1.807, 2.05) is 4.90 Å². The van der Waals surface area contributed by atoms with Crippen molar-refractivity contribution in [3.8, 4) is 0 Å². The molecule has 0 radical (unpaired) electrons. The molecule has 4 rings (SSSR count). The summed E-state index contributed by atoms with van der Waals surface area (Å²) in [6.07, 6.45) is 1.39. The van der Waals surface area contributed by atoms with Crippen LogP contribution in [-0.4, -0.2) is 35.4 Å². The number of anilines is 1. The first-order chi connectivity index (χ1) is 13.2. The maximum absolute atomic E-state index is 12.8. The van der Waals surface area contributed by atoms with Gasteiger partial charge >= 0.3 is 0 Å². The molecule has 2 aromatic carbocycles. The van der Waals surface area contributed by atoms with Crippen LogP contribution in [0.2, 0.25) is 0 Å². The third-order valence-corrected chi connectivity index (χ3v) is 5.66. The van der Waals surface area contributed by atoms with Crippen molar-refractivity contribution in [3.05, 3.63) is 65.4 Å². The molecule has 1 aromatic heterocycles. The van der Waals surface area contributed by atoms with Crippen molar-refractivity contribution in [2.75, 3.05) is 24.5 Å². The fourth-order valence-corrected chi connectivity index (χ4v) is 4.11. The Bertz CT molecular complexity index is 938. The molecule has 0 spiro atoms. The lowest BCUT2D eigenvalue weighted by molar-refractivity contribution is -0.131. The van der Waals surface area contributed by atoms with Gasteiger partial charge in [-0.25, -0.2) is 0 Å². The minimum absolute atomic E-state index is 0.204. The van der Waals surface area contributed by atoms with Gasteiger partial charge < -0.3 is 14.8 Å². The van der Waals surface area contributed by atoms with Gasteiger partial charge in [0.15, 0.2) is 0 Å². The number of aromatic nitrogens is 1. The molecule has 0 bridgehead atoms. The Morgan fingerprint density at radius 3 is 2.56 bits per heavy atom. The van der Waals surface area contributed by atoms with Crippen LogP contribution in [0.4, 0.5) is 5.69 Å². The number of para-hydroxylation sites is 1. The molecule has 140 valence electrons. The number of carbonyl (C=O) groups is 1. The van der Waals surface area contributed by atoms with Crippen LogP contribution in [-0.2, 0) is 24.2 Å². The van der Waals surface area contributed by atoms with Crippen LogP contribution in [0.15, 0.2) is 48.5 Å². The van der Waals surface area contributed by atoms with Crippen molar-refractivity contribution < 1.29 is 4.79 Å². The average molecular weight is 361 g/mol. The van der Waals surface area contributed by atoms with Gasteiger partial charge in [0.2, 0.25) is 5.91 Å². The number of fused-ring (bicyclic) bond motifs is 3. The first-order valence-electron chi connectivity index (χ1n) is 9.89. The molecule has 0 saturated carbocycles. The molecule has 1 aliphatic heterocycles. The lowest BCUT2D eigenvalue weighted by atomic mass is 10.0. The lowest BCUT2D eigenvalue weighted by Crippen LogP contribution is -2.36. The SMILES string of the molecule is CCN(CC)c1ccc(CC(=O)N2CCc3c([nH]c4ccccc34)C2)cc1. The van der Waals surface area contributed by atoms with E-state index in [2.05, 4.69) is 72.3 Å². The Morgan fingerprint density at radius 2 is 1.81 bits per heavy atom. The number of benzene rings is 2. The molecule has 4 heteroatoms. The molecular formula is C23H27N3O. The number of amides is 1. The predicted octanol–water partition coefficient (Wildman–Crippen LogP) is 4.14. The maximum Gasteiger partial charge on any atom is 0.227 e. The van der Waals surface area contributed by atoms with E-state index in [-0.39, 0.29) is 5.91 Å². The summed E-state index contributed by atoms with van der Waals surface area (Å²) in [5.41, 5.74) is 6.03. The highest BCUT2D eigenvalue weighted by Gasteiger charge is 2.23. The van der Waals surface area contributed by atoms with Crippen LogP contribution in [0, 0.1) is 0 Å². The molecule has 0 unspecified atom stereocenters. The van der Waals surface area contributed by atoms with E-state index < -0.39 is 0 Å². The molecule has 2 heterocycles. The van der Waals surface area contributed by atoms with E-state index in [9.17, 15) is 4.79 Å². The zero-order valence-electron chi connectivity index (χ0n) is 16.2. The molecule has 1 aliphatic rings. The molecule has 0 fully saturated rings. The van der Waals surface area contributed by atoms with E-state index >= 15 is 0 Å². The van der Waals surface area contributed by atoms with Crippen molar-refractivity contribution in [2.45, 2.75) is 33.2 Å². The summed E-state index contributed by atoms with van der Waals surface area (Å²) in [6.45, 7) is 7.79. The lowest BCUT2D eigenvalue weighted by Gasteiger charge is -2.27. The Morgan fingerprint density at radius 1 is 1.07 bits per heavy atom. The second kappa shape index (κ2) is 7.47. The van der Waals surface area contributed by atoms with Crippen LogP contribution >= 0.6 is 0 Å². The molecule has 1 amide bonds. The van der Waals surface area contributed by atoms with Crippen molar-refractivity contribution in [1.29, 1.82) is 0 Å². The number of hydrogen-bond acceptors (Lipinski definition) is 2. The molecule has 0 saturated heterocycles. The second-order valence-electron chi connectivity index (χ2n) is 7.21. The molecule has 3 aromatic rings. The zero-order chi connectivity index (χ0) is 18.8. The number of carbonyl (C=O) groups excluding carboxylic acids is 1. The standard InChI is InChI=1S/C23H27N3O/c1-3-25(4-2)18-11-9-17(10-12-18)15-23(27)26-14-13-20-19-7-5-6-8-21(19)24-22(20)16-26/h5-12,24H,3-4,13-16H2,1-2H3. The van der Waals surface area contributed by atoms with Crippen molar-refractivity contribution in [3.63, 3.8) is 0 Å². The van der Waals surface area contributed by atoms with Crippen molar-refractivity contribution in [1.82, 2.24) is 9.88 Å². The van der Waals surface area contributed by atoms with Gasteiger partial charge in [-0.05, 0) is 49.6 Å². The van der Waals surface area contributed by atoms with E-state index in [0.29, 0.717) is 13.0 Å². The fourth-order valence-electron chi connectivity index (χ4n) is 4.11. The Labute approximate surface area is 160 Å². The van der Waals surface area contributed by atoms with Gasteiger partial charge in [-0.3, -0.25) is 4.79 Å². The van der Waals surface area contributed by atoms with Crippen LogP contribution in [0.3, 0.4) is 0 Å². The molecular weight excluding hydrogens is 334 g/mol. The van der Waals surface area contributed by atoms with Gasteiger partial charge in [-0.2, -0.15) is 0 Å². The predicted molar refractivity (Wildman–Crippen MR) is 111 cm³/mol. The van der Waals surface area contributed by atoms with Gasteiger partial charge in [0.1, 0.15) is 0 Å². The summed E-state index contributed by atoms with van der Waals surface area (Å²) >= 11 is 0. The summed E-state index contributed by atoms with van der Waals surface area (Å²) in [4.78, 5) is 20.6. The van der Waals surface area contributed by atoms with Gasteiger partial charge in [0, 0.05) is 41.9 Å². The van der Waals surface area contributed by atoms with Crippen LogP contribution in [0.1, 0.15) is 30.7 Å². The van der Waals surface area contributed by atoms with Crippen LogP contribution < -0.4 is 4.90 Å². The summed E-state index contributed by atoms with van der Waals surface area (Å²) in [5.74, 6) is 0.204. The molecule has 0 aliphatic carbocycles. The fraction of sp³-hybridized carbons (Fsp3) is 0.348. The highest BCUT2D eigenvalue weighted by atomic mass is 16.2. The Kier molecular flexibility index (Phi) is 4.88. The smallest absolute Gasteiger partial charge is 0.227 e. The summed E-state index contributed by atoms with van der Waals surface area (Å²) in [6, 6.07) is 16.8. The summed E-state index contributed by atoms with van der Waals surface area (Å²) in [7, 11) is 0.